The van der Waals surface area contributed by atoms with E-state index in [-0.39, 0.29) is 11.9 Å². The number of hydrogen-bond acceptors (Lipinski definition) is 7. The van der Waals surface area contributed by atoms with E-state index < -0.39 is 5.97 Å². The summed E-state index contributed by atoms with van der Waals surface area (Å²) < 4.78 is 9.12. The van der Waals surface area contributed by atoms with Gasteiger partial charge in [-0.3, -0.25) is 0 Å². The topological polar surface area (TPSA) is 77.2 Å². The van der Waals surface area contributed by atoms with Gasteiger partial charge in [-0.15, -0.1) is 11.3 Å². The standard InChI is InChI=1S/C14H19N3O2S2/c1-3-6-9(10-7-5-8-20-10)16-13-11(12(15)17-21-13)14(18)19-4-2/h5,7-9,16H,3-4,6H2,1-2H3,(H2,15,17). The third-order valence-corrected chi connectivity index (χ3v) is 4.75. The number of esters is 1. The minimum Gasteiger partial charge on any atom is -0.462 e. The highest BCUT2D eigenvalue weighted by molar-refractivity contribution is 7.11. The SMILES string of the molecule is CCCC(Nc1snc(N)c1C(=O)OCC)c1cccs1. The second-order valence-electron chi connectivity index (χ2n) is 4.49. The molecule has 2 aromatic heterocycles. The molecule has 1 unspecified atom stereocenters. The first kappa shape index (κ1) is 15.8. The molecule has 0 bridgehead atoms. The van der Waals surface area contributed by atoms with Crippen LogP contribution in [0.5, 0.6) is 0 Å². The van der Waals surface area contributed by atoms with Crippen LogP contribution in [0.15, 0.2) is 17.5 Å². The van der Waals surface area contributed by atoms with E-state index in [1.165, 1.54) is 16.4 Å². The summed E-state index contributed by atoms with van der Waals surface area (Å²) in [5.74, 6) is -0.199. The number of rotatable bonds is 7. The molecule has 2 heterocycles. The van der Waals surface area contributed by atoms with Gasteiger partial charge in [-0.1, -0.05) is 19.4 Å². The van der Waals surface area contributed by atoms with Gasteiger partial charge in [-0.05, 0) is 36.3 Å². The predicted molar refractivity (Wildman–Crippen MR) is 88.1 cm³/mol. The highest BCUT2D eigenvalue weighted by Gasteiger charge is 2.23. The molecule has 0 saturated heterocycles. The van der Waals surface area contributed by atoms with E-state index in [9.17, 15) is 4.79 Å². The van der Waals surface area contributed by atoms with Gasteiger partial charge in [0.1, 0.15) is 10.6 Å². The minimum atomic E-state index is -0.423. The summed E-state index contributed by atoms with van der Waals surface area (Å²) in [7, 11) is 0. The quantitative estimate of drug-likeness (QED) is 0.755. The van der Waals surface area contributed by atoms with Crippen molar-refractivity contribution < 1.29 is 9.53 Å². The summed E-state index contributed by atoms with van der Waals surface area (Å²) in [6.07, 6.45) is 2.01. The number of nitrogens with one attached hydrogen (secondary N) is 1. The van der Waals surface area contributed by atoms with Crippen molar-refractivity contribution in [1.29, 1.82) is 0 Å². The zero-order valence-corrected chi connectivity index (χ0v) is 13.7. The van der Waals surface area contributed by atoms with Crippen molar-refractivity contribution in [3.8, 4) is 0 Å². The lowest BCUT2D eigenvalue weighted by atomic mass is 10.1. The van der Waals surface area contributed by atoms with Gasteiger partial charge in [-0.2, -0.15) is 4.37 Å². The molecule has 2 aromatic rings. The van der Waals surface area contributed by atoms with E-state index in [1.54, 1.807) is 18.3 Å². The van der Waals surface area contributed by atoms with Crippen LogP contribution in [0.3, 0.4) is 0 Å². The molecular weight excluding hydrogens is 306 g/mol. The molecule has 0 aliphatic rings. The molecule has 21 heavy (non-hydrogen) atoms. The predicted octanol–water partition coefficient (Wildman–Crippen LogP) is 3.92. The molecule has 0 spiro atoms. The minimum absolute atomic E-state index is 0.156. The molecule has 3 N–H and O–H groups in total. The Bertz CT molecular complexity index is 581. The Kier molecular flexibility index (Phi) is 5.58. The van der Waals surface area contributed by atoms with Gasteiger partial charge < -0.3 is 15.8 Å². The fraction of sp³-hybridized carbons (Fsp3) is 0.429. The van der Waals surface area contributed by atoms with Crippen LogP contribution in [0.25, 0.3) is 0 Å². The molecule has 0 amide bonds. The highest BCUT2D eigenvalue weighted by Crippen LogP contribution is 2.33. The zero-order valence-electron chi connectivity index (χ0n) is 12.1. The van der Waals surface area contributed by atoms with Crippen LogP contribution in [0.2, 0.25) is 0 Å². The monoisotopic (exact) mass is 325 g/mol. The van der Waals surface area contributed by atoms with E-state index in [0.29, 0.717) is 17.2 Å². The van der Waals surface area contributed by atoms with Gasteiger partial charge >= 0.3 is 5.97 Å². The van der Waals surface area contributed by atoms with E-state index in [1.807, 2.05) is 11.4 Å². The van der Waals surface area contributed by atoms with Crippen molar-refractivity contribution in [3.05, 3.63) is 28.0 Å². The summed E-state index contributed by atoms with van der Waals surface area (Å²) in [5, 5.41) is 6.12. The van der Waals surface area contributed by atoms with E-state index in [0.717, 1.165) is 12.8 Å². The summed E-state index contributed by atoms with van der Waals surface area (Å²) >= 11 is 2.90. The number of nitrogen functional groups attached to an aromatic ring is 1. The Morgan fingerprint density at radius 1 is 1.52 bits per heavy atom. The smallest absolute Gasteiger partial charge is 0.344 e. The molecule has 0 fully saturated rings. The van der Waals surface area contributed by atoms with Gasteiger partial charge in [0.2, 0.25) is 0 Å². The second kappa shape index (κ2) is 7.42. The molecule has 7 heteroatoms. The number of anilines is 2. The van der Waals surface area contributed by atoms with Crippen molar-refractivity contribution in [3.63, 3.8) is 0 Å². The van der Waals surface area contributed by atoms with Gasteiger partial charge in [0, 0.05) is 4.88 Å². The fourth-order valence-corrected chi connectivity index (χ4v) is 3.59. The summed E-state index contributed by atoms with van der Waals surface area (Å²) in [6, 6.07) is 4.27. The summed E-state index contributed by atoms with van der Waals surface area (Å²) in [4.78, 5) is 13.2. The molecule has 0 aliphatic carbocycles. The molecule has 5 nitrogen and oxygen atoms in total. The third-order valence-electron chi connectivity index (χ3n) is 2.97. The molecule has 1 atom stereocenters. The summed E-state index contributed by atoms with van der Waals surface area (Å²) in [5.41, 5.74) is 6.15. The van der Waals surface area contributed by atoms with Crippen LogP contribution < -0.4 is 11.1 Å². The van der Waals surface area contributed by atoms with Gasteiger partial charge in [0.25, 0.3) is 0 Å². The zero-order chi connectivity index (χ0) is 15.2. The Balaban J connectivity index is 2.23. The van der Waals surface area contributed by atoms with Crippen molar-refractivity contribution in [2.75, 3.05) is 17.7 Å². The van der Waals surface area contributed by atoms with Crippen LogP contribution in [0, 0.1) is 0 Å². The van der Waals surface area contributed by atoms with E-state index in [2.05, 4.69) is 22.7 Å². The number of carbonyl (C=O) groups is 1. The second-order valence-corrected chi connectivity index (χ2v) is 6.25. The molecule has 0 radical (unpaired) electrons. The average molecular weight is 325 g/mol. The maximum Gasteiger partial charge on any atom is 0.344 e. The lowest BCUT2D eigenvalue weighted by Crippen LogP contribution is -2.13. The van der Waals surface area contributed by atoms with Gasteiger partial charge in [0.15, 0.2) is 5.82 Å². The lowest BCUT2D eigenvalue weighted by Gasteiger charge is -2.17. The molecule has 0 aromatic carbocycles. The first-order chi connectivity index (χ1) is 10.2. The Morgan fingerprint density at radius 3 is 2.95 bits per heavy atom. The Hall–Kier alpha value is -1.60. The van der Waals surface area contributed by atoms with Crippen molar-refractivity contribution in [2.45, 2.75) is 32.7 Å². The largest absolute Gasteiger partial charge is 0.462 e. The van der Waals surface area contributed by atoms with E-state index >= 15 is 0 Å². The first-order valence-corrected chi connectivity index (χ1v) is 8.54. The van der Waals surface area contributed by atoms with Crippen LogP contribution in [-0.4, -0.2) is 16.9 Å². The molecular formula is C14H19N3O2S2. The molecule has 0 aliphatic heterocycles. The number of ether oxygens (including phenoxy) is 1. The maximum absolute atomic E-state index is 12.0. The molecule has 0 saturated carbocycles. The van der Waals surface area contributed by atoms with E-state index in [4.69, 9.17) is 10.5 Å². The van der Waals surface area contributed by atoms with Gasteiger partial charge in [0.05, 0.1) is 12.6 Å². The number of aromatic nitrogens is 1. The number of hydrogen-bond donors (Lipinski definition) is 2. The normalized spacial score (nSPS) is 12.1. The maximum atomic E-state index is 12.0. The summed E-state index contributed by atoms with van der Waals surface area (Å²) in [6.45, 7) is 4.22. The van der Waals surface area contributed by atoms with Crippen LogP contribution in [-0.2, 0) is 4.74 Å². The number of thiophene rings is 1. The van der Waals surface area contributed by atoms with Crippen molar-refractivity contribution in [2.24, 2.45) is 0 Å². The van der Waals surface area contributed by atoms with Gasteiger partial charge in [-0.25, -0.2) is 4.79 Å². The third kappa shape index (κ3) is 3.74. The Morgan fingerprint density at radius 2 is 2.33 bits per heavy atom. The first-order valence-electron chi connectivity index (χ1n) is 6.89. The number of nitrogens with zero attached hydrogens (tertiary/aromatic N) is 1. The highest BCUT2D eigenvalue weighted by atomic mass is 32.1. The van der Waals surface area contributed by atoms with Crippen molar-refractivity contribution >= 4 is 39.7 Å². The average Bonchev–Trinajstić information content (AvgIpc) is 3.08. The van der Waals surface area contributed by atoms with Crippen LogP contribution >= 0.6 is 22.9 Å². The fourth-order valence-electron chi connectivity index (χ4n) is 2.02. The molecule has 2 rings (SSSR count). The van der Waals surface area contributed by atoms with Crippen LogP contribution in [0.1, 0.15) is 48.0 Å². The van der Waals surface area contributed by atoms with Crippen LogP contribution in [0.4, 0.5) is 10.8 Å². The Labute approximate surface area is 132 Å². The van der Waals surface area contributed by atoms with Crippen molar-refractivity contribution in [1.82, 2.24) is 4.37 Å². The lowest BCUT2D eigenvalue weighted by molar-refractivity contribution is 0.0529. The number of nitrogens with two attached hydrogens (primary N) is 1. The number of carbonyl (C=O) groups excluding carboxylic acids is 1. The molecule has 114 valence electrons.